The van der Waals surface area contributed by atoms with Crippen LogP contribution in [0, 0.1) is 6.92 Å². The Morgan fingerprint density at radius 1 is 1.17 bits per heavy atom. The highest BCUT2D eigenvalue weighted by atomic mass is 32.2. The summed E-state index contributed by atoms with van der Waals surface area (Å²) in [6.45, 7) is 9.50. The minimum atomic E-state index is -3.35. The van der Waals surface area contributed by atoms with E-state index in [1.54, 1.807) is 19.9 Å². The number of carboxylic acids is 1. The van der Waals surface area contributed by atoms with E-state index in [9.17, 15) is 23.4 Å². The number of hydrogen-bond acceptors (Lipinski definition) is 6. The van der Waals surface area contributed by atoms with Crippen LogP contribution in [-0.2, 0) is 14.8 Å². The molecule has 0 spiro atoms. The average molecular weight is 507 g/mol. The lowest BCUT2D eigenvalue weighted by atomic mass is 9.97. The summed E-state index contributed by atoms with van der Waals surface area (Å²) in [6.07, 6.45) is 0.282. The first-order chi connectivity index (χ1) is 16.4. The number of rotatable bonds is 12. The van der Waals surface area contributed by atoms with Crippen molar-refractivity contribution in [3.8, 4) is 11.3 Å². The third-order valence-electron chi connectivity index (χ3n) is 5.47. The predicted octanol–water partition coefficient (Wildman–Crippen LogP) is 3.51. The van der Waals surface area contributed by atoms with Gasteiger partial charge in [-0.25, -0.2) is 14.2 Å². The fourth-order valence-electron chi connectivity index (χ4n) is 3.60. The molecule has 0 radical (unpaired) electrons. The summed E-state index contributed by atoms with van der Waals surface area (Å²) in [7, 11) is -3.35. The van der Waals surface area contributed by atoms with E-state index in [2.05, 4.69) is 4.98 Å². The van der Waals surface area contributed by atoms with E-state index in [1.165, 1.54) is 10.4 Å². The van der Waals surface area contributed by atoms with Crippen molar-refractivity contribution in [1.82, 2.24) is 9.97 Å². The van der Waals surface area contributed by atoms with Crippen molar-refractivity contribution < 1.29 is 28.5 Å². The smallest absolute Gasteiger partial charge is 0.370 e. The van der Waals surface area contributed by atoms with Crippen LogP contribution in [-0.4, -0.2) is 64.2 Å². The second-order valence-corrected chi connectivity index (χ2v) is 10.9. The molecule has 1 heterocycles. The number of aliphatic carboxylic acids is 1. The lowest BCUT2D eigenvalue weighted by Gasteiger charge is -2.21. The van der Waals surface area contributed by atoms with Crippen LogP contribution in [0.15, 0.2) is 30.3 Å². The Kier molecular flexibility index (Phi) is 9.93. The number of aliphatic hydroxyl groups is 2. The van der Waals surface area contributed by atoms with Gasteiger partial charge in [-0.1, -0.05) is 55.8 Å². The zero-order valence-electron chi connectivity index (χ0n) is 20.9. The van der Waals surface area contributed by atoms with Crippen molar-refractivity contribution in [2.45, 2.75) is 65.6 Å². The second-order valence-electron chi connectivity index (χ2n) is 8.70. The SMILES string of the molecule is CCN(c1nc(-c2ccc(C)cc2)c(/C=C/[C@@H](O)C[C@@H](O)CC(=O)O)c(C(C)C)n1)S(=O)(=[OH+])CC. The van der Waals surface area contributed by atoms with Gasteiger partial charge in [0.25, 0.3) is 0 Å². The molecular weight excluding hydrogens is 470 g/mol. The molecule has 0 amide bonds. The number of aliphatic hydroxyl groups excluding tert-OH is 2. The monoisotopic (exact) mass is 506 g/mol. The van der Waals surface area contributed by atoms with Gasteiger partial charge in [-0.15, -0.1) is 0 Å². The van der Waals surface area contributed by atoms with Gasteiger partial charge in [0.05, 0.1) is 30.0 Å². The van der Waals surface area contributed by atoms with Crippen LogP contribution in [0.3, 0.4) is 0 Å². The fourth-order valence-corrected chi connectivity index (χ4v) is 4.65. The van der Waals surface area contributed by atoms with Gasteiger partial charge in [-0.3, -0.25) is 4.79 Å². The normalized spacial score (nSPS) is 15.2. The van der Waals surface area contributed by atoms with Crippen LogP contribution in [0.25, 0.3) is 17.3 Å². The predicted molar refractivity (Wildman–Crippen MR) is 138 cm³/mol. The molecule has 1 aromatic heterocycles. The number of aromatic nitrogens is 2. The summed E-state index contributed by atoms with van der Waals surface area (Å²) in [5.41, 5.74) is 3.64. The molecule has 0 fully saturated rings. The molecule has 2 aromatic rings. The molecule has 192 valence electrons. The van der Waals surface area contributed by atoms with Crippen LogP contribution < -0.4 is 4.31 Å². The molecule has 3 atom stereocenters. The van der Waals surface area contributed by atoms with Crippen LogP contribution in [0.2, 0.25) is 0 Å². The maximum Gasteiger partial charge on any atom is 0.370 e. The van der Waals surface area contributed by atoms with Crippen LogP contribution in [0.1, 0.15) is 63.3 Å². The summed E-state index contributed by atoms with van der Waals surface area (Å²) in [4.78, 5) is 20.2. The highest BCUT2D eigenvalue weighted by Gasteiger charge is 2.29. The zero-order valence-corrected chi connectivity index (χ0v) is 21.7. The summed E-state index contributed by atoms with van der Waals surface area (Å²) in [6, 6.07) is 7.69. The van der Waals surface area contributed by atoms with Gasteiger partial charge in [-0.2, -0.15) is 8.51 Å². The first-order valence-electron chi connectivity index (χ1n) is 11.7. The number of hydrogen-bond donors (Lipinski definition) is 3. The molecule has 9 nitrogen and oxygen atoms in total. The number of nitrogens with zero attached hydrogens (tertiary/aromatic N) is 3. The molecule has 4 N–H and O–H groups in total. The Bertz CT molecular complexity index is 1150. The maximum atomic E-state index is 12.8. The van der Waals surface area contributed by atoms with Gasteiger partial charge >= 0.3 is 16.0 Å². The minimum Gasteiger partial charge on any atom is -0.481 e. The topological polar surface area (TPSA) is 145 Å². The standard InChI is InChI=1S/C25H35N3O6S/c1-6-28(35(33,34)7-2)25-26-23(16(3)4)21(13-12-19(29)14-20(30)15-22(31)32)24(27-25)18-10-8-17(5)9-11-18/h8-13,16,19-20,29-30H,6-7,14-15H2,1-5H3,(H,31,32)/p+1/b13-12+/t19-,20-/m1/s1. The van der Waals surface area contributed by atoms with E-state index < -0.39 is 34.6 Å². The third-order valence-corrected chi connectivity index (χ3v) is 7.34. The Morgan fingerprint density at radius 3 is 2.31 bits per heavy atom. The molecule has 10 heteroatoms. The molecule has 0 bridgehead atoms. The van der Waals surface area contributed by atoms with Gasteiger partial charge in [0.1, 0.15) is 5.75 Å². The van der Waals surface area contributed by atoms with E-state index in [4.69, 9.17) is 10.1 Å². The lowest BCUT2D eigenvalue weighted by Crippen LogP contribution is -2.34. The number of anilines is 1. The second kappa shape index (κ2) is 12.2. The van der Waals surface area contributed by atoms with Gasteiger partial charge in [0, 0.05) is 24.1 Å². The van der Waals surface area contributed by atoms with Crippen molar-refractivity contribution >= 4 is 28.0 Å². The number of carbonyl (C=O) groups is 1. The quantitative estimate of drug-likeness (QED) is 0.373. The Balaban J connectivity index is 2.67. The fraction of sp³-hybridized carbons (Fsp3) is 0.480. The first kappa shape index (κ1) is 28.4. The van der Waals surface area contributed by atoms with Crippen molar-refractivity contribution in [3.05, 3.63) is 47.2 Å². The van der Waals surface area contributed by atoms with E-state index in [-0.39, 0.29) is 30.6 Å². The van der Waals surface area contributed by atoms with Gasteiger partial charge < -0.3 is 15.3 Å². The lowest BCUT2D eigenvalue weighted by molar-refractivity contribution is -0.139. The van der Waals surface area contributed by atoms with Crippen molar-refractivity contribution in [2.75, 3.05) is 16.6 Å². The highest BCUT2D eigenvalue weighted by molar-refractivity contribution is 7.92. The van der Waals surface area contributed by atoms with Crippen molar-refractivity contribution in [2.24, 2.45) is 0 Å². The van der Waals surface area contributed by atoms with Gasteiger partial charge in [0.2, 0.25) is 5.95 Å². The molecule has 0 aliphatic rings. The molecule has 0 saturated carbocycles. The van der Waals surface area contributed by atoms with Crippen molar-refractivity contribution in [1.29, 1.82) is 0 Å². The Morgan fingerprint density at radius 2 is 1.80 bits per heavy atom. The molecule has 0 saturated heterocycles. The molecule has 2 rings (SSSR count). The van der Waals surface area contributed by atoms with Crippen molar-refractivity contribution in [3.63, 3.8) is 0 Å². The highest BCUT2D eigenvalue weighted by Crippen LogP contribution is 2.32. The first-order valence-corrected chi connectivity index (χ1v) is 13.3. The maximum absolute atomic E-state index is 12.8. The van der Waals surface area contributed by atoms with Crippen LogP contribution >= 0.6 is 0 Å². The molecule has 35 heavy (non-hydrogen) atoms. The minimum absolute atomic E-state index is 0.0214. The Hall–Kier alpha value is -2.82. The molecule has 1 unspecified atom stereocenters. The molecule has 0 aliphatic heterocycles. The van der Waals surface area contributed by atoms with Gasteiger partial charge in [-0.05, 0) is 26.7 Å². The zero-order chi connectivity index (χ0) is 26.3. The van der Waals surface area contributed by atoms with E-state index in [0.717, 1.165) is 11.1 Å². The van der Waals surface area contributed by atoms with Crippen LogP contribution in [0.5, 0.6) is 0 Å². The van der Waals surface area contributed by atoms with Crippen LogP contribution in [0.4, 0.5) is 5.95 Å². The van der Waals surface area contributed by atoms with Gasteiger partial charge in [0.15, 0.2) is 0 Å². The molecule has 1 aromatic carbocycles. The number of aryl methyl sites for hydroxylation is 1. The molecular formula is C25H36N3O6S+. The summed E-state index contributed by atoms with van der Waals surface area (Å²) >= 11 is 0. The number of carboxylic acid groups (broad SMARTS) is 1. The van der Waals surface area contributed by atoms with E-state index in [0.29, 0.717) is 17.0 Å². The molecule has 0 aliphatic carbocycles. The largest absolute Gasteiger partial charge is 0.481 e. The number of benzene rings is 1. The third kappa shape index (κ3) is 7.58. The Labute approximate surface area is 207 Å². The average Bonchev–Trinajstić information content (AvgIpc) is 2.77. The summed E-state index contributed by atoms with van der Waals surface area (Å²) < 4.78 is 24.7. The van der Waals surface area contributed by atoms with E-state index >= 15 is 0 Å². The summed E-state index contributed by atoms with van der Waals surface area (Å²) in [5, 5.41) is 29.1. The summed E-state index contributed by atoms with van der Waals surface area (Å²) in [5.74, 6) is -1.05. The van der Waals surface area contributed by atoms with E-state index in [1.807, 2.05) is 45.0 Å².